The maximum atomic E-state index is 9.28. The minimum absolute atomic E-state index is 0.357. The van der Waals surface area contributed by atoms with Crippen LogP contribution in [0.4, 0.5) is 0 Å². The first-order valence-corrected chi connectivity index (χ1v) is 5.48. The summed E-state index contributed by atoms with van der Waals surface area (Å²) in [5.41, 5.74) is 2.25. The van der Waals surface area contributed by atoms with Crippen LogP contribution in [0.5, 0.6) is 5.75 Å². The molecule has 2 aromatic rings. The third-order valence-corrected chi connectivity index (χ3v) is 2.78. The first kappa shape index (κ1) is 11.9. The number of pyridine rings is 1. The Morgan fingerprint density at radius 2 is 2.06 bits per heavy atom. The number of nitrogens with zero attached hydrogens (tertiary/aromatic N) is 1. The SMILES string of the molecule is CCc1cnc2cc(OC)c(B(O)O)cc2c1. The lowest BCUT2D eigenvalue weighted by Crippen LogP contribution is -2.31. The van der Waals surface area contributed by atoms with Crippen molar-refractivity contribution < 1.29 is 14.8 Å². The van der Waals surface area contributed by atoms with E-state index in [2.05, 4.69) is 4.98 Å². The normalized spacial score (nSPS) is 10.6. The summed E-state index contributed by atoms with van der Waals surface area (Å²) in [4.78, 5) is 4.32. The van der Waals surface area contributed by atoms with Crippen LogP contribution in [0.3, 0.4) is 0 Å². The van der Waals surface area contributed by atoms with Crippen molar-refractivity contribution in [2.24, 2.45) is 0 Å². The Bertz CT molecular complexity index is 543. The molecule has 1 aromatic heterocycles. The third-order valence-electron chi connectivity index (χ3n) is 2.78. The van der Waals surface area contributed by atoms with Gasteiger partial charge in [0.05, 0.1) is 12.6 Å². The number of ether oxygens (including phenoxy) is 1. The second kappa shape index (κ2) is 4.73. The van der Waals surface area contributed by atoms with Gasteiger partial charge in [-0.25, -0.2) is 0 Å². The van der Waals surface area contributed by atoms with Crippen LogP contribution < -0.4 is 10.2 Å². The monoisotopic (exact) mass is 231 g/mol. The van der Waals surface area contributed by atoms with Crippen molar-refractivity contribution in [3.63, 3.8) is 0 Å². The zero-order valence-electron chi connectivity index (χ0n) is 9.84. The summed E-state index contributed by atoms with van der Waals surface area (Å²) in [6.07, 6.45) is 2.71. The lowest BCUT2D eigenvalue weighted by atomic mass is 9.79. The number of fused-ring (bicyclic) bond motifs is 1. The van der Waals surface area contributed by atoms with Gasteiger partial charge in [0.2, 0.25) is 0 Å². The van der Waals surface area contributed by atoms with Gasteiger partial charge in [-0.15, -0.1) is 0 Å². The molecular formula is C12H14BNO3. The standard InChI is InChI=1S/C12H14BNO3/c1-3-8-4-9-5-10(13(15)16)12(17-2)6-11(9)14-7-8/h4-7,15-16H,3H2,1-2H3. The van der Waals surface area contributed by atoms with Crippen LogP contribution in [0.15, 0.2) is 24.4 Å². The van der Waals surface area contributed by atoms with E-state index in [1.165, 1.54) is 7.11 Å². The van der Waals surface area contributed by atoms with Crippen LogP contribution in [0.2, 0.25) is 0 Å². The first-order valence-electron chi connectivity index (χ1n) is 5.48. The van der Waals surface area contributed by atoms with Gasteiger partial charge in [-0.3, -0.25) is 4.98 Å². The summed E-state index contributed by atoms with van der Waals surface area (Å²) in [7, 11) is -0.0485. The lowest BCUT2D eigenvalue weighted by Gasteiger charge is -2.09. The van der Waals surface area contributed by atoms with Gasteiger partial charge in [-0.05, 0) is 24.1 Å². The van der Waals surface area contributed by atoms with Crippen LogP contribution >= 0.6 is 0 Å². The molecule has 0 saturated heterocycles. The van der Waals surface area contributed by atoms with E-state index < -0.39 is 7.12 Å². The second-order valence-corrected chi connectivity index (χ2v) is 3.86. The fourth-order valence-corrected chi connectivity index (χ4v) is 1.79. The third kappa shape index (κ3) is 2.25. The van der Waals surface area contributed by atoms with Crippen LogP contribution in [0.1, 0.15) is 12.5 Å². The molecule has 2 rings (SSSR count). The zero-order chi connectivity index (χ0) is 12.4. The minimum atomic E-state index is -1.54. The number of methoxy groups -OCH3 is 1. The van der Waals surface area contributed by atoms with Crippen LogP contribution in [-0.4, -0.2) is 29.3 Å². The predicted molar refractivity (Wildman–Crippen MR) is 67.5 cm³/mol. The van der Waals surface area contributed by atoms with Crippen molar-refractivity contribution in [1.82, 2.24) is 4.98 Å². The molecule has 0 bridgehead atoms. The maximum absolute atomic E-state index is 9.28. The second-order valence-electron chi connectivity index (χ2n) is 3.86. The molecule has 0 radical (unpaired) electrons. The summed E-state index contributed by atoms with van der Waals surface area (Å²) in [5, 5.41) is 19.4. The average Bonchev–Trinajstić information content (AvgIpc) is 2.36. The van der Waals surface area contributed by atoms with Crippen molar-refractivity contribution in [3.05, 3.63) is 30.0 Å². The summed E-state index contributed by atoms with van der Waals surface area (Å²) < 4.78 is 5.11. The molecule has 1 aromatic carbocycles. The molecule has 1 heterocycles. The highest BCUT2D eigenvalue weighted by Crippen LogP contribution is 2.18. The zero-order valence-corrected chi connectivity index (χ0v) is 9.84. The van der Waals surface area contributed by atoms with E-state index in [0.717, 1.165) is 22.9 Å². The molecule has 0 unspecified atom stereocenters. The Balaban J connectivity index is 2.65. The summed E-state index contributed by atoms with van der Waals surface area (Å²) in [6.45, 7) is 2.05. The molecular weight excluding hydrogens is 217 g/mol. The number of rotatable bonds is 3. The van der Waals surface area contributed by atoms with E-state index >= 15 is 0 Å². The van der Waals surface area contributed by atoms with Crippen molar-refractivity contribution in [2.45, 2.75) is 13.3 Å². The molecule has 88 valence electrons. The van der Waals surface area contributed by atoms with Crippen molar-refractivity contribution in [2.75, 3.05) is 7.11 Å². The topological polar surface area (TPSA) is 62.6 Å². The maximum Gasteiger partial charge on any atom is 0.492 e. The lowest BCUT2D eigenvalue weighted by molar-refractivity contribution is 0.403. The smallest absolute Gasteiger partial charge is 0.492 e. The van der Waals surface area contributed by atoms with Gasteiger partial charge < -0.3 is 14.8 Å². The Kier molecular flexibility index (Phi) is 3.31. The Hall–Kier alpha value is -1.59. The fourth-order valence-electron chi connectivity index (χ4n) is 1.79. The van der Waals surface area contributed by atoms with E-state index in [1.54, 1.807) is 12.1 Å². The summed E-state index contributed by atoms with van der Waals surface area (Å²) in [5.74, 6) is 0.434. The highest BCUT2D eigenvalue weighted by Gasteiger charge is 2.18. The molecule has 0 atom stereocenters. The molecule has 5 heteroatoms. The van der Waals surface area contributed by atoms with Crippen LogP contribution in [0.25, 0.3) is 10.9 Å². The van der Waals surface area contributed by atoms with Crippen molar-refractivity contribution in [1.29, 1.82) is 0 Å². The average molecular weight is 231 g/mol. The number of aromatic nitrogens is 1. The highest BCUT2D eigenvalue weighted by molar-refractivity contribution is 6.60. The van der Waals surface area contributed by atoms with Gasteiger partial charge in [0.15, 0.2) is 0 Å². The number of aryl methyl sites for hydroxylation is 1. The van der Waals surface area contributed by atoms with E-state index in [0.29, 0.717) is 11.2 Å². The number of benzene rings is 1. The molecule has 17 heavy (non-hydrogen) atoms. The Labute approximate surface area is 100 Å². The van der Waals surface area contributed by atoms with Crippen LogP contribution in [-0.2, 0) is 6.42 Å². The molecule has 2 N–H and O–H groups in total. The molecule has 0 fully saturated rings. The molecule has 0 spiro atoms. The largest absolute Gasteiger partial charge is 0.497 e. The summed E-state index contributed by atoms with van der Waals surface area (Å²) >= 11 is 0. The predicted octanol–water partition coefficient (Wildman–Crippen LogP) is 0.486. The molecule has 0 aliphatic rings. The molecule has 4 nitrogen and oxygen atoms in total. The molecule has 0 saturated carbocycles. The van der Waals surface area contributed by atoms with Crippen LogP contribution in [0, 0.1) is 0 Å². The molecule has 0 amide bonds. The van der Waals surface area contributed by atoms with Gasteiger partial charge in [-0.1, -0.05) is 6.92 Å². The van der Waals surface area contributed by atoms with E-state index in [4.69, 9.17) is 4.74 Å². The van der Waals surface area contributed by atoms with Crippen molar-refractivity contribution >= 4 is 23.5 Å². The van der Waals surface area contributed by atoms with E-state index in [9.17, 15) is 10.0 Å². The molecule has 0 aliphatic heterocycles. The molecule has 0 aliphatic carbocycles. The first-order chi connectivity index (χ1) is 8.15. The Morgan fingerprint density at radius 3 is 2.65 bits per heavy atom. The fraction of sp³-hybridized carbons (Fsp3) is 0.250. The number of hydrogen-bond acceptors (Lipinski definition) is 4. The van der Waals surface area contributed by atoms with Gasteiger partial charge >= 0.3 is 7.12 Å². The van der Waals surface area contributed by atoms with Crippen molar-refractivity contribution in [3.8, 4) is 5.75 Å². The summed E-state index contributed by atoms with van der Waals surface area (Å²) in [6, 6.07) is 5.40. The van der Waals surface area contributed by atoms with Gasteiger partial charge in [0.25, 0.3) is 0 Å². The highest BCUT2D eigenvalue weighted by atomic mass is 16.5. The minimum Gasteiger partial charge on any atom is -0.497 e. The quantitative estimate of drug-likeness (QED) is 0.754. The van der Waals surface area contributed by atoms with E-state index in [1.807, 2.05) is 19.2 Å². The number of hydrogen-bond donors (Lipinski definition) is 2. The van der Waals surface area contributed by atoms with E-state index in [-0.39, 0.29) is 0 Å². The van der Waals surface area contributed by atoms with Gasteiger partial charge in [0, 0.05) is 23.1 Å². The van der Waals surface area contributed by atoms with Gasteiger partial charge in [-0.2, -0.15) is 0 Å². The van der Waals surface area contributed by atoms with Gasteiger partial charge in [0.1, 0.15) is 5.75 Å². The Morgan fingerprint density at radius 1 is 1.29 bits per heavy atom.